The quantitative estimate of drug-likeness (QED) is 0.537. The van der Waals surface area contributed by atoms with Crippen LogP contribution in [-0.2, 0) is 16.0 Å². The van der Waals surface area contributed by atoms with Crippen LogP contribution in [0.5, 0.6) is 0 Å². The van der Waals surface area contributed by atoms with Crippen LogP contribution in [0, 0.1) is 0 Å². The largest absolute Gasteiger partial charge is 0.465 e. The molecule has 1 aromatic carbocycles. The lowest BCUT2D eigenvalue weighted by Crippen LogP contribution is -2.41. The molecule has 0 amide bonds. The average molecular weight is 251 g/mol. The smallest absolute Gasteiger partial charge is 0.325 e. The zero-order chi connectivity index (χ0) is 13.2. The van der Waals surface area contributed by atoms with E-state index in [4.69, 9.17) is 9.84 Å². The minimum absolute atomic E-state index is 0.232. The van der Waals surface area contributed by atoms with Gasteiger partial charge in [-0.2, -0.15) is 0 Å². The molecule has 100 valence electrons. The maximum Gasteiger partial charge on any atom is 0.325 e. The first-order valence-corrected chi connectivity index (χ1v) is 6.32. The maximum absolute atomic E-state index is 11.4. The lowest BCUT2D eigenvalue weighted by Gasteiger charge is -2.14. The third-order valence-corrected chi connectivity index (χ3v) is 2.63. The second kappa shape index (κ2) is 8.66. The number of esters is 1. The Kier molecular flexibility index (Phi) is 7.06. The van der Waals surface area contributed by atoms with Crippen molar-refractivity contribution in [3.63, 3.8) is 0 Å². The van der Waals surface area contributed by atoms with E-state index in [-0.39, 0.29) is 12.6 Å². The Bertz CT molecular complexity index is 340. The number of aliphatic hydroxyl groups excluding tert-OH is 1. The van der Waals surface area contributed by atoms with Crippen molar-refractivity contribution in [2.75, 3.05) is 19.8 Å². The van der Waals surface area contributed by atoms with Crippen molar-refractivity contribution in [1.82, 2.24) is 5.32 Å². The van der Waals surface area contributed by atoms with Crippen molar-refractivity contribution in [3.8, 4) is 0 Å². The second-order valence-electron chi connectivity index (χ2n) is 4.03. The van der Waals surface area contributed by atoms with Crippen molar-refractivity contribution >= 4 is 5.97 Å². The van der Waals surface area contributed by atoms with Crippen LogP contribution >= 0.6 is 0 Å². The Balaban J connectivity index is 2.21. The van der Waals surface area contributed by atoms with Gasteiger partial charge in [0.25, 0.3) is 0 Å². The Labute approximate surface area is 108 Å². The number of nitrogens with one attached hydrogen (secondary N) is 1. The molecule has 0 radical (unpaired) electrons. The van der Waals surface area contributed by atoms with Crippen molar-refractivity contribution in [1.29, 1.82) is 0 Å². The monoisotopic (exact) mass is 251 g/mol. The summed E-state index contributed by atoms with van der Waals surface area (Å²) in [6.07, 6.45) is 1.87. The van der Waals surface area contributed by atoms with Crippen LogP contribution in [0.15, 0.2) is 30.3 Å². The molecule has 0 saturated heterocycles. The fraction of sp³-hybridized carbons (Fsp3) is 0.500. The summed E-state index contributed by atoms with van der Waals surface area (Å²) in [5.41, 5.74) is 1.27. The molecule has 0 aliphatic heterocycles. The average Bonchev–Trinajstić information content (AvgIpc) is 2.40. The van der Waals surface area contributed by atoms with E-state index in [0.29, 0.717) is 13.2 Å². The van der Waals surface area contributed by atoms with Crippen molar-refractivity contribution < 1.29 is 14.6 Å². The van der Waals surface area contributed by atoms with Gasteiger partial charge in [0.1, 0.15) is 6.04 Å². The highest BCUT2D eigenvalue weighted by molar-refractivity contribution is 5.75. The van der Waals surface area contributed by atoms with Gasteiger partial charge in [-0.25, -0.2) is 0 Å². The number of carbonyl (C=O) groups is 1. The number of aliphatic hydroxyl groups is 1. The molecule has 1 atom stereocenters. The Morgan fingerprint density at radius 1 is 1.39 bits per heavy atom. The summed E-state index contributed by atoms with van der Waals surface area (Å²) in [7, 11) is 0. The van der Waals surface area contributed by atoms with Gasteiger partial charge in [0.15, 0.2) is 0 Å². The second-order valence-corrected chi connectivity index (χ2v) is 4.03. The highest BCUT2D eigenvalue weighted by atomic mass is 16.5. The van der Waals surface area contributed by atoms with Crippen LogP contribution in [0.2, 0.25) is 0 Å². The lowest BCUT2D eigenvalue weighted by molar-refractivity contribution is -0.146. The third-order valence-electron chi connectivity index (χ3n) is 2.63. The molecule has 0 saturated carbocycles. The molecular formula is C14H21NO3. The van der Waals surface area contributed by atoms with E-state index in [1.807, 2.05) is 18.2 Å². The highest BCUT2D eigenvalue weighted by Gasteiger charge is 2.17. The fourth-order valence-electron chi connectivity index (χ4n) is 1.68. The molecule has 0 fully saturated rings. The Hall–Kier alpha value is -1.39. The summed E-state index contributed by atoms with van der Waals surface area (Å²) >= 11 is 0. The van der Waals surface area contributed by atoms with Crippen LogP contribution in [0.3, 0.4) is 0 Å². The van der Waals surface area contributed by atoms with E-state index in [2.05, 4.69) is 17.4 Å². The molecule has 1 rings (SSSR count). The Morgan fingerprint density at radius 3 is 2.72 bits per heavy atom. The van der Waals surface area contributed by atoms with E-state index in [0.717, 1.165) is 12.8 Å². The zero-order valence-electron chi connectivity index (χ0n) is 10.8. The molecule has 4 nitrogen and oxygen atoms in total. The molecule has 0 bridgehead atoms. The Morgan fingerprint density at radius 2 is 2.11 bits per heavy atom. The van der Waals surface area contributed by atoms with Gasteiger partial charge in [0, 0.05) is 0 Å². The predicted octanol–water partition coefficient (Wildman–Crippen LogP) is 1.13. The number of hydrogen-bond acceptors (Lipinski definition) is 4. The van der Waals surface area contributed by atoms with Crippen LogP contribution in [-0.4, -0.2) is 36.9 Å². The molecule has 18 heavy (non-hydrogen) atoms. The summed E-state index contributed by atoms with van der Waals surface area (Å²) < 4.78 is 4.85. The molecule has 0 aromatic heterocycles. The van der Waals surface area contributed by atoms with Gasteiger partial charge in [0.05, 0.1) is 13.2 Å². The lowest BCUT2D eigenvalue weighted by atomic mass is 10.1. The first-order chi connectivity index (χ1) is 8.77. The van der Waals surface area contributed by atoms with Crippen LogP contribution in [0.1, 0.15) is 18.9 Å². The number of rotatable bonds is 8. The van der Waals surface area contributed by atoms with E-state index < -0.39 is 6.04 Å². The highest BCUT2D eigenvalue weighted by Crippen LogP contribution is 2.01. The van der Waals surface area contributed by atoms with Crippen LogP contribution in [0.4, 0.5) is 0 Å². The summed E-state index contributed by atoms with van der Waals surface area (Å²) in [5.74, 6) is -0.389. The summed E-state index contributed by atoms with van der Waals surface area (Å²) in [6, 6.07) is 9.56. The van der Waals surface area contributed by atoms with Gasteiger partial charge in [-0.3, -0.25) is 4.79 Å². The van der Waals surface area contributed by atoms with Gasteiger partial charge in [-0.05, 0) is 31.9 Å². The van der Waals surface area contributed by atoms with Gasteiger partial charge in [-0.1, -0.05) is 30.3 Å². The van der Waals surface area contributed by atoms with Gasteiger partial charge in [0.2, 0.25) is 0 Å². The molecule has 0 heterocycles. The first kappa shape index (κ1) is 14.7. The minimum atomic E-state index is -0.610. The zero-order valence-corrected chi connectivity index (χ0v) is 10.8. The normalized spacial score (nSPS) is 12.1. The summed E-state index contributed by atoms with van der Waals surface area (Å²) in [6.45, 7) is 2.53. The van der Waals surface area contributed by atoms with Crippen molar-refractivity contribution in [3.05, 3.63) is 35.9 Å². The topological polar surface area (TPSA) is 58.6 Å². The number of aryl methyl sites for hydroxylation is 1. The standard InChI is InChI=1S/C14H21NO3/c1-2-18-14(17)13(11-16)15-10-6-9-12-7-4-3-5-8-12/h3-5,7-8,13,15-16H,2,6,9-11H2,1H3/t13-/m1/s1. The minimum Gasteiger partial charge on any atom is -0.465 e. The van der Waals surface area contributed by atoms with E-state index in [9.17, 15) is 4.79 Å². The number of ether oxygens (including phenoxy) is 1. The van der Waals surface area contributed by atoms with Gasteiger partial charge >= 0.3 is 5.97 Å². The third kappa shape index (κ3) is 5.29. The van der Waals surface area contributed by atoms with Crippen LogP contribution in [0.25, 0.3) is 0 Å². The van der Waals surface area contributed by atoms with Gasteiger partial charge < -0.3 is 15.2 Å². The fourth-order valence-corrected chi connectivity index (χ4v) is 1.68. The number of carbonyl (C=O) groups excluding carboxylic acids is 1. The van der Waals surface area contributed by atoms with Gasteiger partial charge in [-0.15, -0.1) is 0 Å². The van der Waals surface area contributed by atoms with E-state index >= 15 is 0 Å². The molecule has 1 aromatic rings. The molecule has 2 N–H and O–H groups in total. The van der Waals surface area contributed by atoms with Crippen LogP contribution < -0.4 is 5.32 Å². The van der Waals surface area contributed by atoms with Crippen molar-refractivity contribution in [2.45, 2.75) is 25.8 Å². The van der Waals surface area contributed by atoms with E-state index in [1.54, 1.807) is 6.92 Å². The molecule has 4 heteroatoms. The summed E-state index contributed by atoms with van der Waals surface area (Å²) in [4.78, 5) is 11.4. The molecule has 0 unspecified atom stereocenters. The molecular weight excluding hydrogens is 230 g/mol. The number of benzene rings is 1. The molecule has 0 spiro atoms. The predicted molar refractivity (Wildman–Crippen MR) is 70.3 cm³/mol. The maximum atomic E-state index is 11.4. The molecule has 0 aliphatic rings. The first-order valence-electron chi connectivity index (χ1n) is 6.32. The molecule has 0 aliphatic carbocycles. The SMILES string of the molecule is CCOC(=O)[C@@H](CO)NCCCc1ccccc1. The number of hydrogen-bond donors (Lipinski definition) is 2. The van der Waals surface area contributed by atoms with Crippen molar-refractivity contribution in [2.24, 2.45) is 0 Å². The summed E-state index contributed by atoms with van der Waals surface area (Å²) in [5, 5.41) is 12.1. The van der Waals surface area contributed by atoms with E-state index in [1.165, 1.54) is 5.56 Å².